The van der Waals surface area contributed by atoms with Gasteiger partial charge in [-0.05, 0) is 37.7 Å². The highest BCUT2D eigenvalue weighted by Crippen LogP contribution is 2.35. The number of carbonyl (C=O) groups excluding carboxylic acids is 4. The molecule has 0 bridgehead atoms. The number of fused-ring (bicyclic) bond motifs is 1. The van der Waals surface area contributed by atoms with E-state index in [4.69, 9.17) is 0 Å². The average molecular weight is 468 g/mol. The maximum absolute atomic E-state index is 13.4. The van der Waals surface area contributed by atoms with Gasteiger partial charge in [-0.2, -0.15) is 0 Å². The summed E-state index contributed by atoms with van der Waals surface area (Å²) >= 11 is 0. The standard InChI is InChI=1S/C27H37N3O4/c1-5-23(25(32)28-16-18(2)3)30(17-20-10-8-9-19(4)15-20)24(31)13-14-29-26(33)21-11-6-7-12-22(21)27(29)34/h6-10,15,18,21-23H,5,11-14,16-17H2,1-4H3,(H,28,32)/t21-,22+,23-/m1/s1. The number of nitrogens with zero attached hydrogens (tertiary/aromatic N) is 2. The largest absolute Gasteiger partial charge is 0.354 e. The van der Waals surface area contributed by atoms with Crippen molar-refractivity contribution in [3.8, 4) is 0 Å². The Bertz CT molecular complexity index is 929. The molecular weight excluding hydrogens is 430 g/mol. The summed E-state index contributed by atoms with van der Waals surface area (Å²) in [6, 6.07) is 7.25. The van der Waals surface area contributed by atoms with Crippen molar-refractivity contribution in [1.29, 1.82) is 0 Å². The maximum atomic E-state index is 13.4. The van der Waals surface area contributed by atoms with Crippen LogP contribution in [-0.2, 0) is 25.7 Å². The number of benzene rings is 1. The second-order valence-corrected chi connectivity index (χ2v) is 9.81. The Morgan fingerprint density at radius 3 is 2.32 bits per heavy atom. The summed E-state index contributed by atoms with van der Waals surface area (Å²) in [5, 5.41) is 2.95. The zero-order valence-electron chi connectivity index (χ0n) is 20.8. The van der Waals surface area contributed by atoms with Gasteiger partial charge in [-0.25, -0.2) is 0 Å². The lowest BCUT2D eigenvalue weighted by Crippen LogP contribution is -2.50. The first-order valence-electron chi connectivity index (χ1n) is 12.4. The Balaban J connectivity index is 1.75. The lowest BCUT2D eigenvalue weighted by atomic mass is 9.85. The van der Waals surface area contributed by atoms with Gasteiger partial charge in [0.05, 0.1) is 11.8 Å². The first-order chi connectivity index (χ1) is 16.2. The van der Waals surface area contributed by atoms with Crippen LogP contribution >= 0.6 is 0 Å². The number of imide groups is 1. The number of hydrogen-bond acceptors (Lipinski definition) is 4. The summed E-state index contributed by atoms with van der Waals surface area (Å²) < 4.78 is 0. The molecule has 184 valence electrons. The molecule has 7 heteroatoms. The van der Waals surface area contributed by atoms with Gasteiger partial charge in [0, 0.05) is 26.1 Å². The topological polar surface area (TPSA) is 86.8 Å². The van der Waals surface area contributed by atoms with Crippen molar-refractivity contribution in [2.24, 2.45) is 17.8 Å². The van der Waals surface area contributed by atoms with Crippen LogP contribution in [0.4, 0.5) is 0 Å². The van der Waals surface area contributed by atoms with E-state index in [0.717, 1.165) is 11.1 Å². The number of likely N-dealkylation sites (tertiary alicyclic amines) is 1. The lowest BCUT2D eigenvalue weighted by molar-refractivity contribution is -0.144. The van der Waals surface area contributed by atoms with Gasteiger partial charge < -0.3 is 10.2 Å². The van der Waals surface area contributed by atoms with Crippen molar-refractivity contribution in [3.05, 3.63) is 47.5 Å². The summed E-state index contributed by atoms with van der Waals surface area (Å²) in [7, 11) is 0. The minimum absolute atomic E-state index is 0.00409. The smallest absolute Gasteiger partial charge is 0.242 e. The summed E-state index contributed by atoms with van der Waals surface area (Å²) in [6.45, 7) is 8.81. The zero-order chi connectivity index (χ0) is 24.8. The van der Waals surface area contributed by atoms with Crippen LogP contribution < -0.4 is 5.32 Å². The van der Waals surface area contributed by atoms with Gasteiger partial charge in [0.15, 0.2) is 0 Å². The van der Waals surface area contributed by atoms with E-state index >= 15 is 0 Å². The minimum Gasteiger partial charge on any atom is -0.354 e. The molecule has 1 aromatic rings. The number of rotatable bonds is 10. The molecule has 1 aromatic carbocycles. The zero-order valence-corrected chi connectivity index (χ0v) is 20.8. The van der Waals surface area contributed by atoms with Crippen LogP contribution in [0, 0.1) is 24.7 Å². The van der Waals surface area contributed by atoms with Crippen LogP contribution in [-0.4, -0.2) is 52.6 Å². The van der Waals surface area contributed by atoms with E-state index in [-0.39, 0.29) is 48.4 Å². The summed E-state index contributed by atoms with van der Waals surface area (Å²) in [5.74, 6) is -1.09. The fourth-order valence-electron chi connectivity index (χ4n) is 4.79. The number of hydrogen-bond donors (Lipinski definition) is 1. The third kappa shape index (κ3) is 5.93. The van der Waals surface area contributed by atoms with Gasteiger partial charge in [0.25, 0.3) is 0 Å². The van der Waals surface area contributed by atoms with Crippen molar-refractivity contribution < 1.29 is 19.2 Å². The molecule has 0 aromatic heterocycles. The van der Waals surface area contributed by atoms with E-state index in [1.165, 1.54) is 4.90 Å². The predicted molar refractivity (Wildman–Crippen MR) is 130 cm³/mol. The van der Waals surface area contributed by atoms with Crippen molar-refractivity contribution in [2.45, 2.75) is 66.0 Å². The molecule has 1 aliphatic heterocycles. The van der Waals surface area contributed by atoms with Gasteiger partial charge in [-0.1, -0.05) is 62.8 Å². The highest BCUT2D eigenvalue weighted by atomic mass is 16.2. The van der Waals surface area contributed by atoms with Crippen LogP contribution in [0.2, 0.25) is 0 Å². The van der Waals surface area contributed by atoms with Gasteiger partial charge in [0.1, 0.15) is 6.04 Å². The summed E-state index contributed by atoms with van der Waals surface area (Å²) in [4.78, 5) is 54.9. The lowest BCUT2D eigenvalue weighted by Gasteiger charge is -2.31. The molecule has 4 amide bonds. The minimum atomic E-state index is -0.622. The number of carbonyl (C=O) groups is 4. The molecule has 3 rings (SSSR count). The summed E-state index contributed by atoms with van der Waals surface area (Å²) in [6.07, 6.45) is 5.53. The SMILES string of the molecule is CC[C@H](C(=O)NCC(C)C)N(Cc1cccc(C)c1)C(=O)CCN1C(=O)[C@H]2CC=CC[C@H]2C1=O. The van der Waals surface area contributed by atoms with Crippen LogP contribution in [0.3, 0.4) is 0 Å². The number of nitrogens with one attached hydrogen (secondary N) is 1. The van der Waals surface area contributed by atoms with Crippen molar-refractivity contribution in [1.82, 2.24) is 15.1 Å². The van der Waals surface area contributed by atoms with Crippen LogP contribution in [0.1, 0.15) is 57.6 Å². The maximum Gasteiger partial charge on any atom is 0.242 e. The number of amides is 4. The molecule has 1 heterocycles. The Morgan fingerprint density at radius 1 is 1.12 bits per heavy atom. The highest BCUT2D eigenvalue weighted by Gasteiger charge is 2.47. The fraction of sp³-hybridized carbons (Fsp3) is 0.556. The third-order valence-electron chi connectivity index (χ3n) is 6.65. The Kier molecular flexibility index (Phi) is 8.64. The average Bonchev–Trinajstić information content (AvgIpc) is 3.05. The van der Waals surface area contributed by atoms with E-state index in [9.17, 15) is 19.2 Å². The first kappa shape index (κ1) is 25.7. The predicted octanol–water partition coefficient (Wildman–Crippen LogP) is 3.22. The van der Waals surface area contributed by atoms with Crippen LogP contribution in [0.5, 0.6) is 0 Å². The van der Waals surface area contributed by atoms with Gasteiger partial charge >= 0.3 is 0 Å². The molecule has 1 saturated heterocycles. The van der Waals surface area contributed by atoms with E-state index < -0.39 is 6.04 Å². The Morgan fingerprint density at radius 2 is 1.76 bits per heavy atom. The number of aryl methyl sites for hydroxylation is 1. The second kappa shape index (κ2) is 11.4. The molecule has 7 nitrogen and oxygen atoms in total. The van der Waals surface area contributed by atoms with Gasteiger partial charge in [-0.15, -0.1) is 0 Å². The first-order valence-corrected chi connectivity index (χ1v) is 12.4. The molecule has 2 aliphatic rings. The molecular formula is C27H37N3O4. The Hall–Kier alpha value is -2.96. The van der Waals surface area contributed by atoms with E-state index in [0.29, 0.717) is 38.3 Å². The quantitative estimate of drug-likeness (QED) is 0.423. The van der Waals surface area contributed by atoms with E-state index in [1.54, 1.807) is 4.90 Å². The highest BCUT2D eigenvalue weighted by molar-refractivity contribution is 6.05. The fourth-order valence-corrected chi connectivity index (χ4v) is 4.79. The number of allylic oxidation sites excluding steroid dienone is 2. The molecule has 3 atom stereocenters. The molecule has 0 unspecified atom stereocenters. The van der Waals surface area contributed by atoms with E-state index in [2.05, 4.69) is 5.32 Å². The summed E-state index contributed by atoms with van der Waals surface area (Å²) in [5.41, 5.74) is 2.01. The monoisotopic (exact) mass is 467 g/mol. The van der Waals surface area contributed by atoms with Crippen LogP contribution in [0.25, 0.3) is 0 Å². The van der Waals surface area contributed by atoms with Crippen LogP contribution in [0.15, 0.2) is 36.4 Å². The molecule has 0 spiro atoms. The molecule has 1 N–H and O–H groups in total. The van der Waals surface area contributed by atoms with E-state index in [1.807, 2.05) is 64.1 Å². The molecule has 1 fully saturated rings. The third-order valence-corrected chi connectivity index (χ3v) is 6.65. The molecule has 0 radical (unpaired) electrons. The Labute approximate surface area is 202 Å². The molecule has 0 saturated carbocycles. The molecule has 34 heavy (non-hydrogen) atoms. The second-order valence-electron chi connectivity index (χ2n) is 9.81. The van der Waals surface area contributed by atoms with Crippen molar-refractivity contribution in [2.75, 3.05) is 13.1 Å². The van der Waals surface area contributed by atoms with Crippen molar-refractivity contribution in [3.63, 3.8) is 0 Å². The normalized spacial score (nSPS) is 20.4. The van der Waals surface area contributed by atoms with Gasteiger partial charge in [0.2, 0.25) is 23.6 Å². The van der Waals surface area contributed by atoms with Gasteiger partial charge in [-0.3, -0.25) is 24.1 Å². The van der Waals surface area contributed by atoms with Crippen molar-refractivity contribution >= 4 is 23.6 Å². The molecule has 1 aliphatic carbocycles.